The molecule has 1 N–H and O–H groups in total. The van der Waals surface area contributed by atoms with Crippen LogP contribution in [0.25, 0.3) is 0 Å². The highest BCUT2D eigenvalue weighted by atomic mass is 32.2. The van der Waals surface area contributed by atoms with Crippen molar-refractivity contribution in [3.63, 3.8) is 0 Å². The lowest BCUT2D eigenvalue weighted by Crippen LogP contribution is -2.48. The van der Waals surface area contributed by atoms with Crippen LogP contribution in [0.4, 0.5) is 0 Å². The molecule has 0 aliphatic carbocycles. The van der Waals surface area contributed by atoms with E-state index < -0.39 is 15.4 Å². The van der Waals surface area contributed by atoms with Crippen molar-refractivity contribution < 1.29 is 22.7 Å². The summed E-state index contributed by atoms with van der Waals surface area (Å²) in [4.78, 5) is 15.8. The molecular weight excluding hydrogens is 454 g/mol. The summed E-state index contributed by atoms with van der Waals surface area (Å²) in [6.07, 6.45) is 0.766. The van der Waals surface area contributed by atoms with Gasteiger partial charge in [0, 0.05) is 38.8 Å². The minimum atomic E-state index is -3.68. The maximum absolute atomic E-state index is 13.7. The number of amides is 1. The summed E-state index contributed by atoms with van der Waals surface area (Å²) in [5.41, 5.74) is 2.55. The number of carbonyl (C=O) groups excluding carboxylic acids is 1. The Kier molecular flexibility index (Phi) is 5.16. The molecule has 4 aliphatic rings. The molecule has 1 unspecified atom stereocenters. The van der Waals surface area contributed by atoms with E-state index in [0.29, 0.717) is 57.4 Å². The second-order valence-corrected chi connectivity index (χ2v) is 11.3. The second kappa shape index (κ2) is 8.11. The third-order valence-electron chi connectivity index (χ3n) is 7.33. The van der Waals surface area contributed by atoms with E-state index in [9.17, 15) is 13.2 Å². The Morgan fingerprint density at radius 3 is 2.29 bits per heavy atom. The number of rotatable bonds is 4. The van der Waals surface area contributed by atoms with Crippen molar-refractivity contribution in [1.29, 1.82) is 0 Å². The average molecular weight is 482 g/mol. The number of fused-ring (bicyclic) bond motifs is 1. The van der Waals surface area contributed by atoms with Gasteiger partial charge in [0.2, 0.25) is 15.9 Å². The maximum atomic E-state index is 13.7. The van der Waals surface area contributed by atoms with Gasteiger partial charge >= 0.3 is 0 Å². The quantitative estimate of drug-likeness (QED) is 0.667. The molecule has 2 aromatic rings. The van der Waals surface area contributed by atoms with Gasteiger partial charge in [-0.3, -0.25) is 4.79 Å². The summed E-state index contributed by atoms with van der Waals surface area (Å²) in [5, 5.41) is 3.37. The predicted octanol–water partition coefficient (Wildman–Crippen LogP) is 1.53. The van der Waals surface area contributed by atoms with E-state index in [4.69, 9.17) is 9.47 Å². The molecule has 2 aromatic carbocycles. The monoisotopic (exact) mass is 481 g/mol. The highest BCUT2D eigenvalue weighted by Gasteiger charge is 2.47. The molecule has 8 nitrogen and oxygen atoms in total. The standard InChI is InChI=1S/C25H27N3O5S/c29-24(25(8-9-26-17-25)20-4-2-1-3-5-20)27-13-18-15-28(16-19(18)14-27)34(30,31)21-6-7-22-23(12-21)33-11-10-32-22/h1-7,12,26H,8-11,13-17H2. The van der Waals surface area contributed by atoms with Gasteiger partial charge in [-0.05, 0) is 41.8 Å². The molecule has 9 heteroatoms. The summed E-state index contributed by atoms with van der Waals surface area (Å²) >= 11 is 0. The Labute approximate surface area is 199 Å². The lowest BCUT2D eigenvalue weighted by atomic mass is 9.78. The Bertz CT molecular complexity index is 1250. The van der Waals surface area contributed by atoms with E-state index >= 15 is 0 Å². The number of carbonyl (C=O) groups is 1. The van der Waals surface area contributed by atoms with Crippen molar-refractivity contribution in [3.05, 3.63) is 65.2 Å². The Morgan fingerprint density at radius 1 is 0.912 bits per heavy atom. The fraction of sp³-hybridized carbons (Fsp3) is 0.400. The van der Waals surface area contributed by atoms with Gasteiger partial charge in [0.05, 0.1) is 10.3 Å². The number of benzene rings is 2. The summed E-state index contributed by atoms with van der Waals surface area (Å²) in [6, 6.07) is 14.7. The molecule has 4 aliphatic heterocycles. The number of hydrogen-bond donors (Lipinski definition) is 1. The van der Waals surface area contributed by atoms with Crippen LogP contribution in [-0.2, 0) is 20.2 Å². The Hall–Kier alpha value is -2.88. The third-order valence-corrected chi connectivity index (χ3v) is 9.12. The van der Waals surface area contributed by atoms with Crippen LogP contribution >= 0.6 is 0 Å². The van der Waals surface area contributed by atoms with Gasteiger partial charge in [-0.1, -0.05) is 30.3 Å². The molecule has 6 rings (SSSR count). The second-order valence-electron chi connectivity index (χ2n) is 9.32. The number of hydrogen-bond acceptors (Lipinski definition) is 6. The fourth-order valence-corrected chi connectivity index (χ4v) is 6.94. The normalized spacial score (nSPS) is 24.5. The molecule has 34 heavy (non-hydrogen) atoms. The predicted molar refractivity (Wildman–Crippen MR) is 125 cm³/mol. The molecule has 1 saturated heterocycles. The molecule has 4 heterocycles. The van der Waals surface area contributed by atoms with E-state index in [1.165, 1.54) is 4.31 Å². The van der Waals surface area contributed by atoms with Gasteiger partial charge in [0.1, 0.15) is 13.2 Å². The first-order valence-electron chi connectivity index (χ1n) is 11.6. The first kappa shape index (κ1) is 21.6. The molecule has 1 fully saturated rings. The van der Waals surface area contributed by atoms with E-state index in [0.717, 1.165) is 29.7 Å². The van der Waals surface area contributed by atoms with Gasteiger partial charge in [-0.2, -0.15) is 4.31 Å². The molecule has 0 radical (unpaired) electrons. The van der Waals surface area contributed by atoms with Gasteiger partial charge in [-0.15, -0.1) is 0 Å². The van der Waals surface area contributed by atoms with Crippen molar-refractivity contribution in [2.45, 2.75) is 16.7 Å². The molecule has 0 spiro atoms. The zero-order valence-corrected chi connectivity index (χ0v) is 19.6. The average Bonchev–Trinajstić information content (AvgIpc) is 3.60. The van der Waals surface area contributed by atoms with E-state index in [1.807, 2.05) is 35.2 Å². The topological polar surface area (TPSA) is 88.2 Å². The van der Waals surface area contributed by atoms with Crippen molar-refractivity contribution in [1.82, 2.24) is 14.5 Å². The van der Waals surface area contributed by atoms with Crippen molar-refractivity contribution in [2.24, 2.45) is 0 Å². The van der Waals surface area contributed by atoms with Crippen LogP contribution in [-0.4, -0.2) is 76.0 Å². The number of ether oxygens (including phenoxy) is 2. The van der Waals surface area contributed by atoms with Crippen LogP contribution in [0, 0.1) is 0 Å². The molecular formula is C25H27N3O5S. The minimum absolute atomic E-state index is 0.124. The molecule has 0 bridgehead atoms. The highest BCUT2D eigenvalue weighted by Crippen LogP contribution is 2.38. The molecule has 0 saturated carbocycles. The Morgan fingerprint density at radius 2 is 1.62 bits per heavy atom. The van der Waals surface area contributed by atoms with Crippen LogP contribution < -0.4 is 14.8 Å². The fourth-order valence-electron chi connectivity index (χ4n) is 5.50. The number of nitrogens with zero attached hydrogens (tertiary/aromatic N) is 2. The van der Waals surface area contributed by atoms with Crippen LogP contribution in [0.5, 0.6) is 11.5 Å². The lowest BCUT2D eigenvalue weighted by molar-refractivity contribution is -0.135. The van der Waals surface area contributed by atoms with Gasteiger partial charge in [0.15, 0.2) is 11.5 Å². The SMILES string of the molecule is O=C(N1CC2=C(C1)CN(S(=O)(=O)c1ccc3c(c1)OCCO3)C2)C1(c2ccccc2)CCNC1. The van der Waals surface area contributed by atoms with Gasteiger partial charge in [0.25, 0.3) is 0 Å². The summed E-state index contributed by atoms with van der Waals surface area (Å²) in [5.74, 6) is 1.15. The molecule has 178 valence electrons. The maximum Gasteiger partial charge on any atom is 0.243 e. The number of nitrogens with one attached hydrogen (secondary N) is 1. The van der Waals surface area contributed by atoms with Gasteiger partial charge in [-0.25, -0.2) is 8.42 Å². The van der Waals surface area contributed by atoms with E-state index in [1.54, 1.807) is 18.2 Å². The van der Waals surface area contributed by atoms with Crippen molar-refractivity contribution in [3.8, 4) is 11.5 Å². The van der Waals surface area contributed by atoms with E-state index in [2.05, 4.69) is 5.32 Å². The van der Waals surface area contributed by atoms with Crippen molar-refractivity contribution >= 4 is 15.9 Å². The molecule has 0 aromatic heterocycles. The largest absolute Gasteiger partial charge is 0.486 e. The lowest BCUT2D eigenvalue weighted by Gasteiger charge is -2.33. The van der Waals surface area contributed by atoms with Crippen LogP contribution in [0.3, 0.4) is 0 Å². The zero-order valence-electron chi connectivity index (χ0n) is 18.8. The van der Waals surface area contributed by atoms with E-state index in [-0.39, 0.29) is 10.8 Å². The highest BCUT2D eigenvalue weighted by molar-refractivity contribution is 7.89. The minimum Gasteiger partial charge on any atom is -0.486 e. The first-order valence-corrected chi connectivity index (χ1v) is 13.1. The summed E-state index contributed by atoms with van der Waals surface area (Å²) in [6.45, 7) is 3.88. The zero-order chi connectivity index (χ0) is 23.3. The smallest absolute Gasteiger partial charge is 0.243 e. The van der Waals surface area contributed by atoms with Crippen LogP contribution in [0.15, 0.2) is 64.6 Å². The Balaban J connectivity index is 1.17. The summed E-state index contributed by atoms with van der Waals surface area (Å²) < 4.78 is 39.2. The molecule has 1 amide bonds. The first-order chi connectivity index (χ1) is 16.5. The molecule has 1 atom stereocenters. The summed E-state index contributed by atoms with van der Waals surface area (Å²) in [7, 11) is -3.68. The third kappa shape index (κ3) is 3.41. The van der Waals surface area contributed by atoms with Crippen LogP contribution in [0.1, 0.15) is 12.0 Å². The van der Waals surface area contributed by atoms with Gasteiger partial charge < -0.3 is 19.7 Å². The van der Waals surface area contributed by atoms with Crippen LogP contribution in [0.2, 0.25) is 0 Å². The number of sulfonamides is 1. The van der Waals surface area contributed by atoms with Crippen molar-refractivity contribution in [2.75, 3.05) is 52.5 Å².